The Bertz CT molecular complexity index is 944. The van der Waals surface area contributed by atoms with E-state index >= 15 is 0 Å². The zero-order valence-corrected chi connectivity index (χ0v) is 23.1. The fourth-order valence-corrected chi connectivity index (χ4v) is 4.61. The molecule has 1 atom stereocenters. The highest BCUT2D eigenvalue weighted by atomic mass is 35.5. The van der Waals surface area contributed by atoms with Crippen molar-refractivity contribution >= 4 is 47.3 Å². The molecule has 0 saturated carbocycles. The van der Waals surface area contributed by atoms with E-state index in [1.165, 1.54) is 5.56 Å². The third-order valence-electron chi connectivity index (χ3n) is 6.40. The number of hydrogen-bond acceptors (Lipinski definition) is 4. The van der Waals surface area contributed by atoms with Crippen LogP contribution in [0, 0.1) is 11.8 Å². The summed E-state index contributed by atoms with van der Waals surface area (Å²) in [6.45, 7) is 7.14. The molecule has 194 valence electrons. The van der Waals surface area contributed by atoms with Crippen LogP contribution < -0.4 is 20.1 Å². The van der Waals surface area contributed by atoms with Crippen molar-refractivity contribution in [3.05, 3.63) is 52.0 Å². The fraction of sp³-hybridized carbons (Fsp3) is 0.500. The van der Waals surface area contributed by atoms with Gasteiger partial charge in [-0.15, -0.1) is 12.4 Å². The molecule has 0 spiro atoms. The largest absolute Gasteiger partial charge is 0.497 e. The maximum absolute atomic E-state index is 12.7. The highest BCUT2D eigenvalue weighted by Gasteiger charge is 2.24. The third kappa shape index (κ3) is 8.94. The highest BCUT2D eigenvalue weighted by molar-refractivity contribution is 6.42. The molecular formula is C26H36Cl3N3O3. The van der Waals surface area contributed by atoms with Gasteiger partial charge in [-0.2, -0.15) is 0 Å². The number of carbonyl (C=O) groups excluding carboxylic acids is 1. The first kappa shape index (κ1) is 29.4. The summed E-state index contributed by atoms with van der Waals surface area (Å²) in [5, 5.41) is 7.28. The van der Waals surface area contributed by atoms with Gasteiger partial charge in [0.25, 0.3) is 0 Å². The molecule has 3 rings (SSSR count). The predicted molar refractivity (Wildman–Crippen MR) is 147 cm³/mol. The van der Waals surface area contributed by atoms with E-state index in [2.05, 4.69) is 35.4 Å². The smallest absolute Gasteiger partial charge is 0.319 e. The Morgan fingerprint density at radius 2 is 1.66 bits per heavy atom. The SMILES string of the molecule is COc1cc(NC(=O)N[C@@H](CN2CCC(Cc3ccc(Cl)c(Cl)c3)CC2)C(C)C)cc(OC)c1.Cl. The summed E-state index contributed by atoms with van der Waals surface area (Å²) in [6.07, 6.45) is 3.27. The summed E-state index contributed by atoms with van der Waals surface area (Å²) >= 11 is 12.2. The number of hydrogen-bond donors (Lipinski definition) is 2. The number of ether oxygens (including phenoxy) is 2. The number of amides is 2. The summed E-state index contributed by atoms with van der Waals surface area (Å²) in [5.41, 5.74) is 1.86. The van der Waals surface area contributed by atoms with Gasteiger partial charge >= 0.3 is 6.03 Å². The number of nitrogens with one attached hydrogen (secondary N) is 2. The number of urea groups is 1. The number of piperidine rings is 1. The summed E-state index contributed by atoms with van der Waals surface area (Å²) < 4.78 is 10.6. The van der Waals surface area contributed by atoms with Crippen molar-refractivity contribution in [2.75, 3.05) is 39.2 Å². The van der Waals surface area contributed by atoms with Gasteiger partial charge in [-0.3, -0.25) is 0 Å². The Labute approximate surface area is 225 Å². The van der Waals surface area contributed by atoms with Crippen LogP contribution in [-0.4, -0.2) is 50.8 Å². The van der Waals surface area contributed by atoms with Crippen LogP contribution in [0.5, 0.6) is 11.5 Å². The summed E-state index contributed by atoms with van der Waals surface area (Å²) in [4.78, 5) is 15.2. The van der Waals surface area contributed by atoms with Gasteiger partial charge in [0.1, 0.15) is 11.5 Å². The lowest BCUT2D eigenvalue weighted by molar-refractivity contribution is 0.157. The highest BCUT2D eigenvalue weighted by Crippen LogP contribution is 2.28. The van der Waals surface area contributed by atoms with Crippen molar-refractivity contribution in [3.8, 4) is 11.5 Å². The molecule has 2 N–H and O–H groups in total. The molecule has 1 aliphatic heterocycles. The maximum Gasteiger partial charge on any atom is 0.319 e. The Balaban J connectivity index is 0.00000432. The molecule has 2 aromatic carbocycles. The van der Waals surface area contributed by atoms with Crippen molar-refractivity contribution < 1.29 is 14.3 Å². The summed E-state index contributed by atoms with van der Waals surface area (Å²) in [6, 6.07) is 11.0. The fourth-order valence-electron chi connectivity index (χ4n) is 4.29. The van der Waals surface area contributed by atoms with Crippen LogP contribution in [0.2, 0.25) is 10.0 Å². The lowest BCUT2D eigenvalue weighted by Gasteiger charge is -2.35. The van der Waals surface area contributed by atoms with E-state index in [1.807, 2.05) is 12.1 Å². The average Bonchev–Trinajstić information content (AvgIpc) is 2.81. The van der Waals surface area contributed by atoms with E-state index in [9.17, 15) is 4.79 Å². The minimum Gasteiger partial charge on any atom is -0.497 e. The van der Waals surface area contributed by atoms with Gasteiger partial charge in [-0.1, -0.05) is 43.1 Å². The van der Waals surface area contributed by atoms with E-state index in [0.29, 0.717) is 39.1 Å². The molecule has 2 aromatic rings. The molecule has 0 radical (unpaired) electrons. The maximum atomic E-state index is 12.7. The summed E-state index contributed by atoms with van der Waals surface area (Å²) in [5.74, 6) is 2.18. The molecule has 6 nitrogen and oxygen atoms in total. The molecule has 0 unspecified atom stereocenters. The van der Waals surface area contributed by atoms with Gasteiger partial charge in [-0.05, 0) is 61.9 Å². The molecular weight excluding hydrogens is 509 g/mol. The lowest BCUT2D eigenvalue weighted by Crippen LogP contribution is -2.49. The zero-order valence-electron chi connectivity index (χ0n) is 20.8. The van der Waals surface area contributed by atoms with Crippen LogP contribution in [0.3, 0.4) is 0 Å². The minimum atomic E-state index is -0.233. The molecule has 0 bridgehead atoms. The summed E-state index contributed by atoms with van der Waals surface area (Å²) in [7, 11) is 3.17. The Hall–Kier alpha value is -1.86. The van der Waals surface area contributed by atoms with Crippen LogP contribution in [0.15, 0.2) is 36.4 Å². The van der Waals surface area contributed by atoms with Crippen LogP contribution >= 0.6 is 35.6 Å². The molecule has 1 saturated heterocycles. The second kappa shape index (κ2) is 14.0. The molecule has 1 aliphatic rings. The van der Waals surface area contributed by atoms with Crippen molar-refractivity contribution in [2.45, 2.75) is 39.2 Å². The topological polar surface area (TPSA) is 62.8 Å². The molecule has 0 aromatic heterocycles. The van der Waals surface area contributed by atoms with Crippen LogP contribution in [0.25, 0.3) is 0 Å². The quantitative estimate of drug-likeness (QED) is 0.377. The molecule has 9 heteroatoms. The number of benzene rings is 2. The number of likely N-dealkylation sites (tertiary alicyclic amines) is 1. The van der Waals surface area contributed by atoms with Gasteiger partial charge in [-0.25, -0.2) is 4.79 Å². The molecule has 0 aliphatic carbocycles. The first-order valence-electron chi connectivity index (χ1n) is 11.7. The standard InChI is InChI=1S/C26H35Cl2N3O3.ClH/c1-17(2)25(30-26(32)29-20-13-21(33-3)15-22(14-20)34-4)16-31-9-7-18(8-10-31)11-19-5-6-23(27)24(28)12-19;/h5-6,12-15,17-18,25H,7-11,16H2,1-4H3,(H2,29,30,32);1H/t25-;/m0./s1. The number of methoxy groups -OCH3 is 2. The first-order valence-corrected chi connectivity index (χ1v) is 12.5. The van der Waals surface area contributed by atoms with Crippen molar-refractivity contribution in [1.82, 2.24) is 10.2 Å². The van der Waals surface area contributed by atoms with Gasteiger partial charge in [0.05, 0.1) is 24.3 Å². The number of halogens is 3. The minimum absolute atomic E-state index is 0. The number of carbonyl (C=O) groups is 1. The second-order valence-corrected chi connectivity index (χ2v) is 10.1. The van der Waals surface area contributed by atoms with Gasteiger partial charge in [0, 0.05) is 36.5 Å². The molecule has 1 fully saturated rings. The van der Waals surface area contributed by atoms with E-state index in [-0.39, 0.29) is 24.5 Å². The Morgan fingerprint density at radius 1 is 1.03 bits per heavy atom. The van der Waals surface area contributed by atoms with E-state index in [1.54, 1.807) is 32.4 Å². The molecule has 2 amide bonds. The van der Waals surface area contributed by atoms with Crippen molar-refractivity contribution in [3.63, 3.8) is 0 Å². The molecule has 35 heavy (non-hydrogen) atoms. The third-order valence-corrected chi connectivity index (χ3v) is 7.14. The van der Waals surface area contributed by atoms with E-state index < -0.39 is 0 Å². The van der Waals surface area contributed by atoms with Crippen LogP contribution in [-0.2, 0) is 6.42 Å². The Kier molecular flexibility index (Phi) is 11.8. The monoisotopic (exact) mass is 543 g/mol. The Morgan fingerprint density at radius 3 is 2.20 bits per heavy atom. The predicted octanol–water partition coefficient (Wildman–Crippen LogP) is 6.53. The normalized spacial score (nSPS) is 15.3. The number of rotatable bonds is 9. The first-order chi connectivity index (χ1) is 16.3. The number of nitrogens with zero attached hydrogens (tertiary/aromatic N) is 1. The second-order valence-electron chi connectivity index (χ2n) is 9.25. The van der Waals surface area contributed by atoms with Gasteiger partial charge in [0.15, 0.2) is 0 Å². The zero-order chi connectivity index (χ0) is 24.7. The average molecular weight is 545 g/mol. The van der Waals surface area contributed by atoms with Crippen LogP contribution in [0.1, 0.15) is 32.3 Å². The lowest BCUT2D eigenvalue weighted by atomic mass is 9.89. The number of anilines is 1. The van der Waals surface area contributed by atoms with E-state index in [4.69, 9.17) is 32.7 Å². The van der Waals surface area contributed by atoms with Gasteiger partial charge in [0.2, 0.25) is 0 Å². The van der Waals surface area contributed by atoms with Crippen molar-refractivity contribution in [1.29, 1.82) is 0 Å². The van der Waals surface area contributed by atoms with E-state index in [0.717, 1.165) is 38.9 Å². The van der Waals surface area contributed by atoms with Crippen molar-refractivity contribution in [2.24, 2.45) is 11.8 Å². The van der Waals surface area contributed by atoms with Gasteiger partial charge < -0.3 is 25.0 Å². The van der Waals surface area contributed by atoms with Crippen LogP contribution in [0.4, 0.5) is 10.5 Å². The molecule has 1 heterocycles.